The number of ketones is 2. The number of urea groups is 1. The molecule has 9 amide bonds. The lowest BCUT2D eigenvalue weighted by molar-refractivity contribution is -0.143. The van der Waals surface area contributed by atoms with Crippen LogP contribution < -0.4 is 53.6 Å². The standard InChI is InChI=1S/C57H84N10O14S/c1-31(2)26-41(54(79)80)63-50(75)40(28-43(58)71)61-49(74)39(27-35-21-23-37(24-22-35)48(73)36-16-10-9-11-17-36)62-53(78)47(34(6)69)65-51(76)45(32(3)4)64-52(77)46(33(5)68)60-29-38(70)18-14-15-25-59-44(72)20-13-12-19-42-57(8)56(7,30-82-42)66-55(81)67-57/h9-11,16-17,21-24,31-34,39-42,45-47,60,68-69H,12-15,18-20,25-30H2,1-8H3,(H2,58,71)(H,59,72)(H,61,74)(H,62,78)(H,63,75)(H,64,77)(H,65,76)(H,79,80)(H2,66,67,81)/t33-,34-,39+,40+,41+,42+,45+,46+,47+,56+,57-/m1/s1. The van der Waals surface area contributed by atoms with Gasteiger partial charge >= 0.3 is 12.0 Å². The maximum atomic E-state index is 14.2. The first-order valence-corrected chi connectivity index (χ1v) is 28.9. The van der Waals surface area contributed by atoms with Gasteiger partial charge in [-0.1, -0.05) is 88.7 Å². The molecular weight excluding hydrogens is 1080 g/mol. The lowest BCUT2D eigenvalue weighted by Crippen LogP contribution is -2.63. The summed E-state index contributed by atoms with van der Waals surface area (Å²) in [6.07, 6.45) is -0.286. The molecule has 0 saturated carbocycles. The van der Waals surface area contributed by atoms with E-state index in [9.17, 15) is 68.1 Å². The topological polar surface area (TPSA) is 383 Å². The molecule has 0 bridgehead atoms. The van der Waals surface area contributed by atoms with Crippen LogP contribution in [0.15, 0.2) is 54.6 Å². The van der Waals surface area contributed by atoms with Gasteiger partial charge in [0, 0.05) is 47.9 Å². The predicted molar refractivity (Wildman–Crippen MR) is 306 cm³/mol. The number of nitrogens with two attached hydrogens (primary N) is 1. The predicted octanol–water partition coefficient (Wildman–Crippen LogP) is 0.628. The fraction of sp³-hybridized carbons (Fsp3) is 0.596. The van der Waals surface area contributed by atoms with Crippen LogP contribution in [0.3, 0.4) is 0 Å². The molecule has 2 aliphatic heterocycles. The van der Waals surface area contributed by atoms with Crippen molar-refractivity contribution < 1.29 is 68.1 Å². The third-order valence-electron chi connectivity index (χ3n) is 14.7. The van der Waals surface area contributed by atoms with Crippen LogP contribution in [-0.4, -0.2) is 164 Å². The van der Waals surface area contributed by atoms with Gasteiger partial charge in [0.05, 0.1) is 36.3 Å². The van der Waals surface area contributed by atoms with Crippen molar-refractivity contribution in [3.8, 4) is 0 Å². The fourth-order valence-electron chi connectivity index (χ4n) is 9.72. The molecule has 2 aromatic carbocycles. The van der Waals surface area contributed by atoms with Crippen LogP contribution in [-0.2, 0) is 49.6 Å². The van der Waals surface area contributed by atoms with Crippen molar-refractivity contribution in [2.75, 3.05) is 18.8 Å². The number of carbonyl (C=O) groups is 11. The Labute approximate surface area is 482 Å². The molecule has 452 valence electrons. The average molecular weight is 1170 g/mol. The summed E-state index contributed by atoms with van der Waals surface area (Å²) in [4.78, 5) is 144. The number of fused-ring (bicyclic) bond motifs is 1. The SMILES string of the molecule is CC(C)C[C@H](NC(=O)[C@H](CC(N)=O)NC(=O)[C@H](Cc1ccc(C(=O)c2ccccc2)cc1)NC(=O)[C@@H](NC(=O)[C@@H](NC(=O)[C@@H](NCC(=O)CCCCNC(=O)CCCC[C@@H]1SC[C@]2(C)NC(=O)N[C@]12C)[C@@H](C)O)C(C)C)[C@@H](C)O)C(=O)O. The highest BCUT2D eigenvalue weighted by Gasteiger charge is 2.60. The van der Waals surface area contributed by atoms with Gasteiger partial charge in [-0.05, 0) is 77.2 Å². The number of carbonyl (C=O) groups excluding carboxylic acids is 10. The van der Waals surface area contributed by atoms with Crippen molar-refractivity contribution in [1.82, 2.24) is 47.9 Å². The van der Waals surface area contributed by atoms with Crippen molar-refractivity contribution in [1.29, 1.82) is 0 Å². The number of hydrogen-bond acceptors (Lipinski definition) is 15. The van der Waals surface area contributed by atoms with Crippen molar-refractivity contribution in [2.24, 2.45) is 17.6 Å². The summed E-state index contributed by atoms with van der Waals surface area (Å²) in [5.41, 5.74) is 5.86. The Kier molecular flexibility index (Phi) is 25.9. The summed E-state index contributed by atoms with van der Waals surface area (Å²) in [5.74, 6) is -8.14. The van der Waals surface area contributed by atoms with Crippen LogP contribution in [0.25, 0.3) is 0 Å². The second-order valence-electron chi connectivity index (χ2n) is 22.5. The maximum Gasteiger partial charge on any atom is 0.326 e. The first-order valence-electron chi connectivity index (χ1n) is 27.9. The molecule has 2 heterocycles. The second kappa shape index (κ2) is 31.5. The Morgan fingerprint density at radius 2 is 1.23 bits per heavy atom. The zero-order valence-corrected chi connectivity index (χ0v) is 48.9. The van der Waals surface area contributed by atoms with E-state index in [2.05, 4.69) is 54.8 Å². The zero-order valence-electron chi connectivity index (χ0n) is 48.1. The molecular formula is C57H84N10O14S. The van der Waals surface area contributed by atoms with Gasteiger partial charge in [-0.25, -0.2) is 9.59 Å². The van der Waals surface area contributed by atoms with Crippen LogP contribution in [0.4, 0.5) is 4.79 Å². The summed E-state index contributed by atoms with van der Waals surface area (Å²) in [7, 11) is 0. The number of benzene rings is 2. The second-order valence-corrected chi connectivity index (χ2v) is 23.7. The Morgan fingerprint density at radius 1 is 0.671 bits per heavy atom. The van der Waals surface area contributed by atoms with E-state index in [1.165, 1.54) is 38.1 Å². The number of aliphatic hydroxyl groups is 2. The van der Waals surface area contributed by atoms with E-state index < -0.39 is 102 Å². The van der Waals surface area contributed by atoms with Crippen LogP contribution >= 0.6 is 11.8 Å². The highest BCUT2D eigenvalue weighted by molar-refractivity contribution is 8.00. The van der Waals surface area contributed by atoms with Gasteiger partial charge < -0.3 is 63.6 Å². The molecule has 25 heteroatoms. The lowest BCUT2D eigenvalue weighted by atomic mass is 9.79. The molecule has 2 saturated heterocycles. The van der Waals surface area contributed by atoms with E-state index in [1.54, 1.807) is 58.0 Å². The molecule has 2 fully saturated rings. The number of thioether (sulfide) groups is 1. The highest BCUT2D eigenvalue weighted by atomic mass is 32.2. The van der Waals surface area contributed by atoms with E-state index in [-0.39, 0.29) is 71.6 Å². The van der Waals surface area contributed by atoms with Gasteiger partial charge in [0.25, 0.3) is 0 Å². The molecule has 0 aromatic heterocycles. The molecule has 4 rings (SSSR count). The summed E-state index contributed by atoms with van der Waals surface area (Å²) in [6.45, 7) is 13.3. The number of Topliss-reactive ketones (excluding diaryl/α,β-unsaturated/α-hetero) is 1. The molecule has 0 spiro atoms. The zero-order chi connectivity index (χ0) is 61.1. The molecule has 14 N–H and O–H groups in total. The molecule has 24 nitrogen and oxygen atoms in total. The minimum atomic E-state index is -1.79. The molecule has 82 heavy (non-hydrogen) atoms. The number of hydrogen-bond donors (Lipinski definition) is 13. The number of aliphatic hydroxyl groups excluding tert-OH is 2. The number of unbranched alkanes of at least 4 members (excludes halogenated alkanes) is 2. The quantitative estimate of drug-likeness (QED) is 0.0256. The smallest absolute Gasteiger partial charge is 0.326 e. The molecule has 2 aromatic rings. The molecule has 0 radical (unpaired) electrons. The average Bonchev–Trinajstić information content (AvgIpc) is 4.00. The first-order chi connectivity index (χ1) is 38.5. The van der Waals surface area contributed by atoms with Crippen LogP contribution in [0, 0.1) is 11.8 Å². The van der Waals surface area contributed by atoms with Crippen LogP contribution in [0.2, 0.25) is 0 Å². The summed E-state index contributed by atoms with van der Waals surface area (Å²) < 4.78 is 0. The summed E-state index contributed by atoms with van der Waals surface area (Å²) in [5, 5.41) is 55.5. The number of amides is 9. The normalized spacial score (nSPS) is 20.2. The Morgan fingerprint density at radius 3 is 1.83 bits per heavy atom. The number of aliphatic carboxylic acids is 1. The molecule has 2 aliphatic rings. The Balaban J connectivity index is 1.36. The Bertz CT molecular complexity index is 2590. The number of nitrogens with one attached hydrogen (secondary N) is 9. The van der Waals surface area contributed by atoms with Gasteiger partial charge in [-0.2, -0.15) is 11.8 Å². The highest BCUT2D eigenvalue weighted by Crippen LogP contribution is 2.47. The minimum absolute atomic E-state index is 0.00406. The number of carboxylic acids is 1. The van der Waals surface area contributed by atoms with Gasteiger partial charge in [-0.15, -0.1) is 0 Å². The number of carboxylic acid groups (broad SMARTS) is 1. The van der Waals surface area contributed by atoms with Crippen molar-refractivity contribution in [3.63, 3.8) is 0 Å². The monoisotopic (exact) mass is 1160 g/mol. The lowest BCUT2D eigenvalue weighted by Gasteiger charge is -2.35. The fourth-order valence-corrected chi connectivity index (χ4v) is 11.6. The molecule has 11 atom stereocenters. The van der Waals surface area contributed by atoms with E-state index in [0.29, 0.717) is 48.9 Å². The molecule has 0 unspecified atom stereocenters. The van der Waals surface area contributed by atoms with Gasteiger partial charge in [0.2, 0.25) is 41.4 Å². The summed E-state index contributed by atoms with van der Waals surface area (Å²) in [6, 6.07) is 5.03. The minimum Gasteiger partial charge on any atom is -0.480 e. The van der Waals surface area contributed by atoms with Crippen molar-refractivity contribution in [2.45, 2.75) is 184 Å². The first kappa shape index (κ1) is 67.5. The third kappa shape index (κ3) is 19.9. The van der Waals surface area contributed by atoms with Crippen LogP contribution in [0.5, 0.6) is 0 Å². The maximum absolute atomic E-state index is 14.2. The third-order valence-corrected chi connectivity index (χ3v) is 16.6. The van der Waals surface area contributed by atoms with E-state index >= 15 is 0 Å². The van der Waals surface area contributed by atoms with Gasteiger partial charge in [0.15, 0.2) is 5.78 Å². The number of rotatable bonds is 35. The van der Waals surface area contributed by atoms with Gasteiger partial charge in [-0.3, -0.25) is 48.5 Å². The van der Waals surface area contributed by atoms with Gasteiger partial charge in [0.1, 0.15) is 42.0 Å². The van der Waals surface area contributed by atoms with Crippen molar-refractivity contribution >= 4 is 76.7 Å². The largest absolute Gasteiger partial charge is 0.480 e. The van der Waals surface area contributed by atoms with Crippen LogP contribution in [0.1, 0.15) is 135 Å². The van der Waals surface area contributed by atoms with E-state index in [1.807, 2.05) is 18.7 Å². The molecule has 0 aliphatic carbocycles. The van der Waals surface area contributed by atoms with E-state index in [4.69, 9.17) is 5.73 Å². The Hall–Kier alpha value is -6.96. The summed E-state index contributed by atoms with van der Waals surface area (Å²) >= 11 is 1.82. The van der Waals surface area contributed by atoms with Crippen molar-refractivity contribution in [3.05, 3.63) is 71.3 Å². The van der Waals surface area contributed by atoms with E-state index in [0.717, 1.165) is 18.6 Å². The number of primary amides is 1.